The van der Waals surface area contributed by atoms with Gasteiger partial charge >= 0.3 is 7.60 Å². The molecule has 0 radical (unpaired) electrons. The van der Waals surface area contributed by atoms with Crippen molar-refractivity contribution in [2.75, 3.05) is 23.5 Å². The van der Waals surface area contributed by atoms with Crippen molar-refractivity contribution in [1.82, 2.24) is 0 Å². The third kappa shape index (κ3) is 5.38. The average Bonchev–Trinajstić information content (AvgIpc) is 2.51. The molecule has 3 nitrogen and oxygen atoms in total. The summed E-state index contributed by atoms with van der Waals surface area (Å²) in [6.45, 7) is 0. The van der Waals surface area contributed by atoms with Crippen LogP contribution < -0.4 is 5.30 Å². The molecule has 0 aliphatic heterocycles. The Morgan fingerprint density at radius 3 is 1.60 bits per heavy atom. The third-order valence-electron chi connectivity index (χ3n) is 2.34. The Morgan fingerprint density at radius 1 is 0.850 bits per heavy atom. The second-order valence-electron chi connectivity index (χ2n) is 3.91. The van der Waals surface area contributed by atoms with Crippen LogP contribution in [-0.4, -0.2) is 35.7 Å². The van der Waals surface area contributed by atoms with E-state index < -0.39 is 19.8 Å². The van der Waals surface area contributed by atoms with Gasteiger partial charge in [0, 0.05) is 0 Å². The molecule has 0 unspecified atom stereocenters. The molecule has 0 fully saturated rings. The first-order valence-corrected chi connectivity index (χ1v) is 9.54. The normalized spacial score (nSPS) is 12.3. The summed E-state index contributed by atoms with van der Waals surface area (Å²) in [5, 5.41) is 0.417. The van der Waals surface area contributed by atoms with E-state index in [4.69, 9.17) is 55.5 Å². The zero-order chi connectivity index (χ0) is 15.0. The molecule has 8 heteroatoms. The van der Waals surface area contributed by atoms with Crippen LogP contribution in [0.15, 0.2) is 30.3 Å². The largest absolute Gasteiger partial charge is 0.362 e. The number of halogens is 4. The van der Waals surface area contributed by atoms with Gasteiger partial charge in [-0.15, -0.1) is 46.4 Å². The molecule has 20 heavy (non-hydrogen) atoms. The van der Waals surface area contributed by atoms with Crippen LogP contribution in [0.1, 0.15) is 0 Å². The molecule has 0 spiro atoms. The lowest BCUT2D eigenvalue weighted by Gasteiger charge is -2.25. The summed E-state index contributed by atoms with van der Waals surface area (Å²) in [7, 11) is -3.59. The number of alkyl halides is 4. The molecule has 0 N–H and O–H groups in total. The van der Waals surface area contributed by atoms with Gasteiger partial charge in [-0.1, -0.05) is 18.2 Å². The smallest absolute Gasteiger partial charge is 0.299 e. The first-order valence-electron chi connectivity index (χ1n) is 5.86. The SMILES string of the molecule is O=P(OC(CCl)CCl)(OC(CCl)CCl)c1ccccc1. The highest BCUT2D eigenvalue weighted by atomic mass is 35.5. The summed E-state index contributed by atoms with van der Waals surface area (Å²) in [5.41, 5.74) is 0. The van der Waals surface area contributed by atoms with E-state index in [9.17, 15) is 4.57 Å². The maximum absolute atomic E-state index is 13.0. The molecule has 0 aliphatic carbocycles. The van der Waals surface area contributed by atoms with Crippen LogP contribution in [0.25, 0.3) is 0 Å². The van der Waals surface area contributed by atoms with Crippen molar-refractivity contribution in [3.8, 4) is 0 Å². The summed E-state index contributed by atoms with van der Waals surface area (Å²) in [6.07, 6.45) is -1.17. The topological polar surface area (TPSA) is 35.5 Å². The van der Waals surface area contributed by atoms with Gasteiger partial charge < -0.3 is 0 Å². The van der Waals surface area contributed by atoms with Crippen LogP contribution in [0.2, 0.25) is 0 Å². The van der Waals surface area contributed by atoms with Gasteiger partial charge in [-0.2, -0.15) is 0 Å². The highest BCUT2D eigenvalue weighted by Gasteiger charge is 2.33. The molecule has 0 amide bonds. The molecule has 0 atom stereocenters. The quantitative estimate of drug-likeness (QED) is 0.475. The Kier molecular flexibility index (Phi) is 8.85. The highest BCUT2D eigenvalue weighted by Crippen LogP contribution is 2.49. The fraction of sp³-hybridized carbons (Fsp3) is 0.500. The fourth-order valence-electron chi connectivity index (χ4n) is 1.34. The van der Waals surface area contributed by atoms with Gasteiger partial charge in [0.25, 0.3) is 0 Å². The van der Waals surface area contributed by atoms with E-state index >= 15 is 0 Å². The minimum absolute atomic E-state index is 0.107. The maximum atomic E-state index is 13.0. The summed E-state index contributed by atoms with van der Waals surface area (Å²) in [5.74, 6) is 0.429. The number of hydrogen-bond acceptors (Lipinski definition) is 3. The van der Waals surface area contributed by atoms with Crippen molar-refractivity contribution in [1.29, 1.82) is 0 Å². The second-order valence-corrected chi connectivity index (χ2v) is 7.07. The standard InChI is InChI=1S/C12H15Cl4O3P/c13-6-10(7-14)18-20(17,19-11(8-15)9-16)12-4-2-1-3-5-12/h1-5,10-11H,6-9H2. The van der Waals surface area contributed by atoms with Crippen molar-refractivity contribution >= 4 is 59.3 Å². The van der Waals surface area contributed by atoms with Gasteiger partial charge in [-0.3, -0.25) is 13.6 Å². The van der Waals surface area contributed by atoms with Crippen LogP contribution in [-0.2, 0) is 13.6 Å². The fourth-order valence-corrected chi connectivity index (χ4v) is 4.52. The van der Waals surface area contributed by atoms with E-state index in [-0.39, 0.29) is 23.5 Å². The van der Waals surface area contributed by atoms with Crippen LogP contribution in [0.4, 0.5) is 0 Å². The van der Waals surface area contributed by atoms with Gasteiger partial charge in [0.1, 0.15) is 0 Å². The molecule has 0 saturated carbocycles. The van der Waals surface area contributed by atoms with Crippen LogP contribution >= 0.6 is 54.0 Å². The van der Waals surface area contributed by atoms with Gasteiger partial charge in [-0.25, -0.2) is 0 Å². The molecule has 1 rings (SSSR count). The Balaban J connectivity index is 3.02. The van der Waals surface area contributed by atoms with Crippen molar-refractivity contribution in [3.05, 3.63) is 30.3 Å². The van der Waals surface area contributed by atoms with Gasteiger partial charge in [0.15, 0.2) is 0 Å². The molecule has 0 saturated heterocycles. The van der Waals surface area contributed by atoms with Crippen LogP contribution in [0.5, 0.6) is 0 Å². The van der Waals surface area contributed by atoms with Crippen molar-refractivity contribution in [2.24, 2.45) is 0 Å². The maximum Gasteiger partial charge on any atom is 0.362 e. The van der Waals surface area contributed by atoms with Crippen LogP contribution in [0.3, 0.4) is 0 Å². The summed E-state index contributed by atoms with van der Waals surface area (Å²) in [4.78, 5) is 0. The van der Waals surface area contributed by atoms with Crippen molar-refractivity contribution in [2.45, 2.75) is 12.2 Å². The number of hydrogen-bond donors (Lipinski definition) is 0. The summed E-state index contributed by atoms with van der Waals surface area (Å²) in [6, 6.07) is 8.58. The van der Waals surface area contributed by atoms with Crippen molar-refractivity contribution < 1.29 is 13.6 Å². The monoisotopic (exact) mass is 378 g/mol. The lowest BCUT2D eigenvalue weighted by molar-refractivity contribution is 0.155. The number of rotatable bonds is 9. The molecular formula is C12H15Cl4O3P. The predicted octanol–water partition coefficient (Wildman–Crippen LogP) is 4.23. The molecule has 1 aromatic rings. The molecule has 1 aromatic carbocycles. The average molecular weight is 380 g/mol. The minimum atomic E-state index is -3.59. The Hall–Kier alpha value is 0.530. The van der Waals surface area contributed by atoms with E-state index in [0.717, 1.165) is 0 Å². The molecule has 0 aromatic heterocycles. The molecule has 0 aliphatic rings. The zero-order valence-corrected chi connectivity index (χ0v) is 14.5. The van der Waals surface area contributed by atoms with E-state index in [0.29, 0.717) is 5.30 Å². The van der Waals surface area contributed by atoms with Crippen molar-refractivity contribution in [3.63, 3.8) is 0 Å². The Bertz CT molecular complexity index is 406. The molecule has 0 heterocycles. The highest BCUT2D eigenvalue weighted by molar-refractivity contribution is 7.62. The van der Waals surface area contributed by atoms with Gasteiger partial charge in [-0.05, 0) is 12.1 Å². The van der Waals surface area contributed by atoms with Crippen LogP contribution in [0, 0.1) is 0 Å². The Morgan fingerprint density at radius 2 is 1.25 bits per heavy atom. The van der Waals surface area contributed by atoms with E-state index in [2.05, 4.69) is 0 Å². The Labute approximate surface area is 139 Å². The van der Waals surface area contributed by atoms with E-state index in [1.807, 2.05) is 0 Å². The first-order chi connectivity index (χ1) is 9.59. The van der Waals surface area contributed by atoms with E-state index in [1.54, 1.807) is 30.3 Å². The van der Waals surface area contributed by atoms with Gasteiger partial charge in [0.05, 0.1) is 41.0 Å². The predicted molar refractivity (Wildman–Crippen MR) is 86.3 cm³/mol. The molecule has 114 valence electrons. The first kappa shape index (κ1) is 18.6. The number of benzene rings is 1. The molecule has 0 bridgehead atoms. The van der Waals surface area contributed by atoms with Gasteiger partial charge in [0.2, 0.25) is 0 Å². The lowest BCUT2D eigenvalue weighted by atomic mass is 10.4. The summed E-state index contributed by atoms with van der Waals surface area (Å²) < 4.78 is 24.0. The second kappa shape index (κ2) is 9.53. The minimum Gasteiger partial charge on any atom is -0.299 e. The lowest BCUT2D eigenvalue weighted by Crippen LogP contribution is -2.25. The van der Waals surface area contributed by atoms with E-state index in [1.165, 1.54) is 0 Å². The molecular weight excluding hydrogens is 365 g/mol. The summed E-state index contributed by atoms with van der Waals surface area (Å²) >= 11 is 22.9. The zero-order valence-electron chi connectivity index (χ0n) is 10.6. The third-order valence-corrected chi connectivity index (χ3v) is 5.80.